The number of alkyl carbamates (subject to hydrolysis) is 1. The van der Waals surface area contributed by atoms with Gasteiger partial charge in [-0.05, 0) is 27.7 Å². The van der Waals surface area contributed by atoms with Crippen LogP contribution in [0.15, 0.2) is 12.4 Å². The second kappa shape index (κ2) is 5.86. The maximum absolute atomic E-state index is 11.4. The molecule has 3 N–H and O–H groups in total. The van der Waals surface area contributed by atoms with E-state index >= 15 is 0 Å². The van der Waals surface area contributed by atoms with Crippen LogP contribution < -0.4 is 11.1 Å². The number of carbonyl (C=O) groups is 1. The van der Waals surface area contributed by atoms with Crippen LogP contribution in [0.5, 0.6) is 0 Å². The van der Waals surface area contributed by atoms with Gasteiger partial charge in [0, 0.05) is 24.8 Å². The van der Waals surface area contributed by atoms with Crippen molar-refractivity contribution in [3.63, 3.8) is 0 Å². The fraction of sp³-hybridized carbons (Fsp3) is 0.667. The normalized spacial score (nSPS) is 13.2. The summed E-state index contributed by atoms with van der Waals surface area (Å²) < 4.78 is 6.92. The molecule has 18 heavy (non-hydrogen) atoms. The highest BCUT2D eigenvalue weighted by Crippen LogP contribution is 2.09. The van der Waals surface area contributed by atoms with Gasteiger partial charge in [-0.1, -0.05) is 0 Å². The molecule has 0 bridgehead atoms. The minimum absolute atomic E-state index is 0.280. The molecule has 0 aliphatic heterocycles. The Labute approximate surface area is 107 Å². The molecule has 0 aliphatic rings. The van der Waals surface area contributed by atoms with Crippen molar-refractivity contribution >= 4 is 6.09 Å². The Balaban J connectivity index is 2.41. The van der Waals surface area contributed by atoms with E-state index in [1.807, 2.05) is 33.9 Å². The highest BCUT2D eigenvalue weighted by Gasteiger charge is 2.17. The summed E-state index contributed by atoms with van der Waals surface area (Å²) in [7, 11) is 0. The molecule has 0 saturated heterocycles. The first-order valence-corrected chi connectivity index (χ1v) is 6.06. The van der Waals surface area contributed by atoms with Crippen LogP contribution >= 0.6 is 0 Å². The largest absolute Gasteiger partial charge is 0.444 e. The van der Waals surface area contributed by atoms with Gasteiger partial charge in [0.05, 0.1) is 12.2 Å². The van der Waals surface area contributed by atoms with Gasteiger partial charge < -0.3 is 15.8 Å². The zero-order chi connectivity index (χ0) is 13.8. The van der Waals surface area contributed by atoms with E-state index in [0.29, 0.717) is 6.54 Å². The van der Waals surface area contributed by atoms with Gasteiger partial charge in [-0.3, -0.25) is 4.68 Å². The van der Waals surface area contributed by atoms with Crippen molar-refractivity contribution in [3.05, 3.63) is 18.0 Å². The van der Waals surface area contributed by atoms with Gasteiger partial charge in [-0.2, -0.15) is 5.10 Å². The molecule has 1 aromatic rings. The highest BCUT2D eigenvalue weighted by molar-refractivity contribution is 5.67. The van der Waals surface area contributed by atoms with Gasteiger partial charge in [0.2, 0.25) is 0 Å². The predicted octanol–water partition coefficient (Wildman–Crippen LogP) is 1.43. The first-order chi connectivity index (χ1) is 8.31. The average molecular weight is 254 g/mol. The zero-order valence-corrected chi connectivity index (χ0v) is 11.4. The number of nitrogens with zero attached hydrogens (tertiary/aromatic N) is 2. The molecule has 0 aliphatic carbocycles. The van der Waals surface area contributed by atoms with Crippen molar-refractivity contribution < 1.29 is 9.53 Å². The number of nitrogens with one attached hydrogen (secondary N) is 1. The third-order valence-corrected chi connectivity index (χ3v) is 2.27. The lowest BCUT2D eigenvalue weighted by molar-refractivity contribution is 0.0524. The topological polar surface area (TPSA) is 82.2 Å². The van der Waals surface area contributed by atoms with Crippen LogP contribution in [0.1, 0.15) is 39.3 Å². The van der Waals surface area contributed by atoms with Crippen molar-refractivity contribution in [3.8, 4) is 0 Å². The lowest BCUT2D eigenvalue weighted by atomic mass is 10.2. The first-order valence-electron chi connectivity index (χ1n) is 6.06. The third-order valence-electron chi connectivity index (χ3n) is 2.27. The number of aryl methyl sites for hydroxylation is 1. The molecule has 0 aromatic carbocycles. The predicted molar refractivity (Wildman–Crippen MR) is 69.1 cm³/mol. The number of hydrogen-bond donors (Lipinski definition) is 2. The minimum atomic E-state index is -0.499. The van der Waals surface area contributed by atoms with Crippen LogP contribution in [-0.4, -0.2) is 28.0 Å². The van der Waals surface area contributed by atoms with Crippen LogP contribution in [0.2, 0.25) is 0 Å². The molecule has 1 rings (SSSR count). The number of amides is 1. The van der Waals surface area contributed by atoms with E-state index in [-0.39, 0.29) is 6.04 Å². The molecule has 1 aromatic heterocycles. The maximum Gasteiger partial charge on any atom is 0.407 e. The minimum Gasteiger partial charge on any atom is -0.444 e. The summed E-state index contributed by atoms with van der Waals surface area (Å²) in [6.07, 6.45) is 3.13. The molecule has 1 unspecified atom stereocenters. The molecule has 6 heteroatoms. The maximum atomic E-state index is 11.4. The molecule has 1 atom stereocenters. The summed E-state index contributed by atoms with van der Waals surface area (Å²) in [5.74, 6) is 0. The van der Waals surface area contributed by atoms with Crippen molar-refractivity contribution in [1.29, 1.82) is 0 Å². The number of hydrogen-bond acceptors (Lipinski definition) is 4. The van der Waals surface area contributed by atoms with Crippen molar-refractivity contribution in [2.75, 3.05) is 6.54 Å². The van der Waals surface area contributed by atoms with Gasteiger partial charge in [-0.25, -0.2) is 4.79 Å². The molecule has 1 amide bonds. The summed E-state index contributed by atoms with van der Waals surface area (Å²) >= 11 is 0. The van der Waals surface area contributed by atoms with E-state index in [0.717, 1.165) is 12.1 Å². The number of ether oxygens (including phenoxy) is 1. The number of aromatic nitrogens is 2. The van der Waals surface area contributed by atoms with Gasteiger partial charge in [0.25, 0.3) is 0 Å². The van der Waals surface area contributed by atoms with Crippen molar-refractivity contribution in [2.45, 2.75) is 45.9 Å². The monoisotopic (exact) mass is 254 g/mol. The second-order valence-electron chi connectivity index (χ2n) is 5.12. The molecule has 0 radical (unpaired) electrons. The van der Waals surface area contributed by atoms with E-state index in [4.69, 9.17) is 10.5 Å². The van der Waals surface area contributed by atoms with E-state index in [2.05, 4.69) is 10.4 Å². The van der Waals surface area contributed by atoms with Gasteiger partial charge in [0.15, 0.2) is 0 Å². The van der Waals surface area contributed by atoms with E-state index in [9.17, 15) is 4.79 Å². The van der Waals surface area contributed by atoms with E-state index < -0.39 is 11.7 Å². The van der Waals surface area contributed by atoms with Crippen LogP contribution in [0, 0.1) is 0 Å². The number of carbonyl (C=O) groups excluding carboxylic acids is 1. The SMILES string of the molecule is CCn1cc(C(N)CNC(=O)OC(C)(C)C)cn1. The Hall–Kier alpha value is -1.56. The van der Waals surface area contributed by atoms with Crippen molar-refractivity contribution in [1.82, 2.24) is 15.1 Å². The van der Waals surface area contributed by atoms with Crippen LogP contribution in [0.3, 0.4) is 0 Å². The van der Waals surface area contributed by atoms with Crippen LogP contribution in [0.4, 0.5) is 4.79 Å². The fourth-order valence-electron chi connectivity index (χ4n) is 1.37. The Bertz CT molecular complexity index is 395. The van der Waals surface area contributed by atoms with Crippen LogP contribution in [-0.2, 0) is 11.3 Å². The zero-order valence-electron chi connectivity index (χ0n) is 11.4. The van der Waals surface area contributed by atoms with Crippen LogP contribution in [0.25, 0.3) is 0 Å². The Morgan fingerprint density at radius 2 is 2.28 bits per heavy atom. The van der Waals surface area contributed by atoms with E-state index in [1.165, 1.54) is 0 Å². The Morgan fingerprint density at radius 3 is 2.78 bits per heavy atom. The Kier molecular flexibility index (Phi) is 4.72. The highest BCUT2D eigenvalue weighted by atomic mass is 16.6. The summed E-state index contributed by atoms with van der Waals surface area (Å²) in [5.41, 5.74) is 6.35. The van der Waals surface area contributed by atoms with E-state index in [1.54, 1.807) is 10.9 Å². The molecular formula is C12H22N4O2. The molecule has 0 saturated carbocycles. The number of nitrogens with two attached hydrogens (primary N) is 1. The Morgan fingerprint density at radius 1 is 1.61 bits per heavy atom. The summed E-state index contributed by atoms with van der Waals surface area (Å²) in [4.78, 5) is 11.4. The summed E-state index contributed by atoms with van der Waals surface area (Å²) in [5, 5.41) is 6.78. The molecule has 0 fully saturated rings. The lowest BCUT2D eigenvalue weighted by Crippen LogP contribution is -2.36. The summed E-state index contributed by atoms with van der Waals surface area (Å²) in [6, 6.07) is -0.280. The summed E-state index contributed by atoms with van der Waals surface area (Å²) in [6.45, 7) is 8.57. The molecule has 102 valence electrons. The quantitative estimate of drug-likeness (QED) is 0.851. The van der Waals surface area contributed by atoms with Crippen molar-refractivity contribution in [2.24, 2.45) is 5.73 Å². The van der Waals surface area contributed by atoms with Gasteiger partial charge >= 0.3 is 6.09 Å². The molecular weight excluding hydrogens is 232 g/mol. The fourth-order valence-corrected chi connectivity index (χ4v) is 1.37. The average Bonchev–Trinajstić information content (AvgIpc) is 2.72. The molecule has 0 spiro atoms. The molecule has 6 nitrogen and oxygen atoms in total. The van der Waals surface area contributed by atoms with Gasteiger partial charge in [-0.15, -0.1) is 0 Å². The standard InChI is InChI=1S/C12H22N4O2/c1-5-16-8-9(6-15-16)10(13)7-14-11(17)18-12(2,3)4/h6,8,10H,5,7,13H2,1-4H3,(H,14,17). The lowest BCUT2D eigenvalue weighted by Gasteiger charge is -2.20. The first kappa shape index (κ1) is 14.5. The third kappa shape index (κ3) is 4.75. The number of rotatable bonds is 4. The smallest absolute Gasteiger partial charge is 0.407 e. The van der Waals surface area contributed by atoms with Gasteiger partial charge in [0.1, 0.15) is 5.60 Å². The second-order valence-corrected chi connectivity index (χ2v) is 5.12. The molecule has 1 heterocycles.